The molecular formula is C17H21BrN4O2. The van der Waals surface area contributed by atoms with Gasteiger partial charge >= 0.3 is 0 Å². The Bertz CT molecular complexity index is 732. The van der Waals surface area contributed by atoms with Gasteiger partial charge in [-0.05, 0) is 24.1 Å². The summed E-state index contributed by atoms with van der Waals surface area (Å²) in [6.07, 6.45) is 1.52. The largest absolute Gasteiger partial charge is 0.378 e. The van der Waals surface area contributed by atoms with Crippen molar-refractivity contribution in [3.05, 3.63) is 29.0 Å². The van der Waals surface area contributed by atoms with E-state index in [1.807, 2.05) is 36.9 Å². The number of hydrogen-bond donors (Lipinski definition) is 1. The highest BCUT2D eigenvalue weighted by molar-refractivity contribution is 9.10. The number of nitrogens with zero attached hydrogens (tertiary/aromatic N) is 3. The van der Waals surface area contributed by atoms with Gasteiger partial charge in [-0.15, -0.1) is 0 Å². The quantitative estimate of drug-likeness (QED) is 0.865. The van der Waals surface area contributed by atoms with E-state index in [-0.39, 0.29) is 17.9 Å². The van der Waals surface area contributed by atoms with Crippen LogP contribution in [0.5, 0.6) is 0 Å². The van der Waals surface area contributed by atoms with Gasteiger partial charge in [0.05, 0.1) is 18.7 Å². The molecule has 24 heavy (non-hydrogen) atoms. The topological polar surface area (TPSA) is 67.4 Å². The molecule has 1 atom stereocenters. The molecule has 6 nitrogen and oxygen atoms in total. The Kier molecular flexibility index (Phi) is 5.30. The Labute approximate surface area is 149 Å². The number of benzene rings is 1. The van der Waals surface area contributed by atoms with Gasteiger partial charge in [0.1, 0.15) is 18.2 Å². The van der Waals surface area contributed by atoms with Crippen LogP contribution in [-0.4, -0.2) is 53.1 Å². The maximum Gasteiger partial charge on any atom is 0.245 e. The van der Waals surface area contributed by atoms with Crippen molar-refractivity contribution in [2.75, 3.05) is 31.6 Å². The van der Waals surface area contributed by atoms with Crippen LogP contribution < -0.4 is 5.32 Å². The first-order valence-corrected chi connectivity index (χ1v) is 8.89. The molecule has 1 aromatic heterocycles. The molecule has 7 heteroatoms. The Balaban J connectivity index is 1.88. The van der Waals surface area contributed by atoms with E-state index >= 15 is 0 Å². The van der Waals surface area contributed by atoms with Crippen molar-refractivity contribution in [1.82, 2.24) is 14.9 Å². The van der Waals surface area contributed by atoms with Gasteiger partial charge in [0, 0.05) is 22.9 Å². The van der Waals surface area contributed by atoms with Crippen molar-refractivity contribution in [2.24, 2.45) is 5.92 Å². The lowest BCUT2D eigenvalue weighted by molar-refractivity contribution is -0.137. The van der Waals surface area contributed by atoms with E-state index in [4.69, 9.17) is 4.74 Å². The van der Waals surface area contributed by atoms with Crippen LogP contribution in [0.15, 0.2) is 29.0 Å². The van der Waals surface area contributed by atoms with Gasteiger partial charge in [-0.25, -0.2) is 9.97 Å². The number of aromatic nitrogens is 2. The summed E-state index contributed by atoms with van der Waals surface area (Å²) in [6.45, 7) is 6.55. The van der Waals surface area contributed by atoms with Crippen molar-refractivity contribution < 1.29 is 9.53 Å². The number of ether oxygens (including phenoxy) is 1. The van der Waals surface area contributed by atoms with Crippen LogP contribution in [-0.2, 0) is 9.53 Å². The summed E-state index contributed by atoms with van der Waals surface area (Å²) in [5.41, 5.74) is 0.844. The summed E-state index contributed by atoms with van der Waals surface area (Å²) in [4.78, 5) is 23.4. The van der Waals surface area contributed by atoms with E-state index in [1.54, 1.807) is 0 Å². The fraction of sp³-hybridized carbons (Fsp3) is 0.471. The number of fused-ring (bicyclic) bond motifs is 1. The average molecular weight is 393 g/mol. The minimum Gasteiger partial charge on any atom is -0.378 e. The number of carbonyl (C=O) groups is 1. The molecular weight excluding hydrogens is 372 g/mol. The van der Waals surface area contributed by atoms with Gasteiger partial charge in [-0.1, -0.05) is 29.8 Å². The molecule has 1 aliphatic rings. The van der Waals surface area contributed by atoms with Crippen molar-refractivity contribution >= 4 is 38.6 Å². The van der Waals surface area contributed by atoms with Crippen LogP contribution >= 0.6 is 15.9 Å². The second-order valence-corrected chi connectivity index (χ2v) is 7.10. The molecule has 3 rings (SSSR count). The van der Waals surface area contributed by atoms with Crippen molar-refractivity contribution in [2.45, 2.75) is 19.9 Å². The molecule has 2 heterocycles. The molecule has 1 amide bonds. The van der Waals surface area contributed by atoms with E-state index in [0.29, 0.717) is 32.1 Å². The Morgan fingerprint density at radius 1 is 1.29 bits per heavy atom. The molecule has 0 saturated carbocycles. The zero-order chi connectivity index (χ0) is 17.1. The number of anilines is 1. The molecule has 1 aromatic carbocycles. The zero-order valence-electron chi connectivity index (χ0n) is 13.8. The number of hydrogen-bond acceptors (Lipinski definition) is 5. The van der Waals surface area contributed by atoms with Crippen LogP contribution in [0, 0.1) is 5.92 Å². The van der Waals surface area contributed by atoms with Crippen LogP contribution in [0.3, 0.4) is 0 Å². The smallest absolute Gasteiger partial charge is 0.245 e. The highest BCUT2D eigenvalue weighted by atomic mass is 79.9. The van der Waals surface area contributed by atoms with E-state index in [1.165, 1.54) is 6.33 Å². The molecule has 1 aliphatic heterocycles. The number of rotatable bonds is 4. The Hall–Kier alpha value is -1.73. The highest BCUT2D eigenvalue weighted by Crippen LogP contribution is 2.25. The number of morpholine rings is 1. The van der Waals surface area contributed by atoms with E-state index in [0.717, 1.165) is 15.4 Å². The van der Waals surface area contributed by atoms with Crippen molar-refractivity contribution in [3.63, 3.8) is 0 Å². The van der Waals surface area contributed by atoms with Gasteiger partial charge < -0.3 is 15.0 Å². The maximum absolute atomic E-state index is 12.9. The summed E-state index contributed by atoms with van der Waals surface area (Å²) >= 11 is 3.48. The number of nitrogens with one attached hydrogen (secondary N) is 1. The van der Waals surface area contributed by atoms with Gasteiger partial charge in [-0.2, -0.15) is 0 Å². The van der Waals surface area contributed by atoms with Crippen LogP contribution in [0.1, 0.15) is 13.8 Å². The monoisotopic (exact) mass is 392 g/mol. The predicted molar refractivity (Wildman–Crippen MR) is 96.9 cm³/mol. The van der Waals surface area contributed by atoms with Gasteiger partial charge in [0.15, 0.2) is 0 Å². The average Bonchev–Trinajstić information content (AvgIpc) is 2.59. The third-order valence-electron chi connectivity index (χ3n) is 4.15. The summed E-state index contributed by atoms with van der Waals surface area (Å²) in [5.74, 6) is 0.911. The lowest BCUT2D eigenvalue weighted by Crippen LogP contribution is -2.49. The first-order chi connectivity index (χ1) is 11.6. The fourth-order valence-corrected chi connectivity index (χ4v) is 3.15. The molecule has 0 radical (unpaired) electrons. The first-order valence-electron chi connectivity index (χ1n) is 8.09. The lowest BCUT2D eigenvalue weighted by Gasteiger charge is -2.32. The summed E-state index contributed by atoms with van der Waals surface area (Å²) in [7, 11) is 0. The Morgan fingerprint density at radius 2 is 2.04 bits per heavy atom. The third kappa shape index (κ3) is 3.67. The molecule has 1 fully saturated rings. The lowest BCUT2D eigenvalue weighted by atomic mass is 10.0. The molecule has 0 spiro atoms. The zero-order valence-corrected chi connectivity index (χ0v) is 15.4. The van der Waals surface area contributed by atoms with E-state index in [2.05, 4.69) is 31.2 Å². The SMILES string of the molecule is CC(C)C(Nc1ncnc2ccc(Br)cc12)C(=O)N1CCOCC1. The summed E-state index contributed by atoms with van der Waals surface area (Å²) in [5, 5.41) is 4.24. The predicted octanol–water partition coefficient (Wildman–Crippen LogP) is 2.69. The number of carbonyl (C=O) groups excluding carboxylic acids is 1. The van der Waals surface area contributed by atoms with Gasteiger partial charge in [-0.3, -0.25) is 4.79 Å². The molecule has 1 saturated heterocycles. The Morgan fingerprint density at radius 3 is 2.75 bits per heavy atom. The van der Waals surface area contributed by atoms with E-state index < -0.39 is 0 Å². The molecule has 1 unspecified atom stereocenters. The molecule has 128 valence electrons. The minimum atomic E-state index is -0.333. The van der Waals surface area contributed by atoms with E-state index in [9.17, 15) is 4.79 Å². The highest BCUT2D eigenvalue weighted by Gasteiger charge is 2.29. The van der Waals surface area contributed by atoms with Gasteiger partial charge in [0.25, 0.3) is 0 Å². The van der Waals surface area contributed by atoms with Crippen molar-refractivity contribution in [3.8, 4) is 0 Å². The molecule has 0 bridgehead atoms. The van der Waals surface area contributed by atoms with Crippen molar-refractivity contribution in [1.29, 1.82) is 0 Å². The standard InChI is InChI=1S/C17H21BrN4O2/c1-11(2)15(17(23)22-5-7-24-8-6-22)21-16-13-9-12(18)3-4-14(13)19-10-20-16/h3-4,9-11,15H,5-8H2,1-2H3,(H,19,20,21). The summed E-state index contributed by atoms with van der Waals surface area (Å²) in [6, 6.07) is 5.51. The van der Waals surface area contributed by atoms with Gasteiger partial charge in [0.2, 0.25) is 5.91 Å². The molecule has 2 aromatic rings. The number of amides is 1. The van der Waals surface area contributed by atoms with Crippen LogP contribution in [0.2, 0.25) is 0 Å². The normalized spacial score (nSPS) is 16.4. The van der Waals surface area contributed by atoms with Crippen LogP contribution in [0.25, 0.3) is 10.9 Å². The first kappa shape index (κ1) is 17.1. The second kappa shape index (κ2) is 7.44. The third-order valence-corrected chi connectivity index (χ3v) is 4.64. The molecule has 1 N–H and O–H groups in total. The second-order valence-electron chi connectivity index (χ2n) is 6.19. The fourth-order valence-electron chi connectivity index (χ4n) is 2.79. The molecule has 0 aliphatic carbocycles. The maximum atomic E-state index is 12.9. The number of halogens is 1. The minimum absolute atomic E-state index is 0.0926. The van der Waals surface area contributed by atoms with Crippen LogP contribution in [0.4, 0.5) is 5.82 Å². The summed E-state index contributed by atoms with van der Waals surface area (Å²) < 4.78 is 6.29.